The van der Waals surface area contributed by atoms with E-state index in [1.165, 1.54) is 0 Å². The van der Waals surface area contributed by atoms with Gasteiger partial charge in [-0.05, 0) is 86.3 Å². The van der Waals surface area contributed by atoms with Crippen molar-refractivity contribution in [3.8, 4) is 0 Å². The third-order valence-corrected chi connectivity index (χ3v) is 9.37. The van der Waals surface area contributed by atoms with Crippen LogP contribution in [0.3, 0.4) is 0 Å². The predicted molar refractivity (Wildman–Crippen MR) is 228 cm³/mol. The molecule has 1 saturated heterocycles. The Hall–Kier alpha value is -5.22. The fraction of sp³-hybridized carbons (Fsp3) is 0.609. The summed E-state index contributed by atoms with van der Waals surface area (Å²) in [5.74, 6) is -2.66. The summed E-state index contributed by atoms with van der Waals surface area (Å²) in [4.78, 5) is 65.9. The molecule has 1 amide bonds. The van der Waals surface area contributed by atoms with Gasteiger partial charge in [0.2, 0.25) is 5.91 Å². The second-order valence-electron chi connectivity index (χ2n) is 16.6. The topological polar surface area (TPSA) is 193 Å². The van der Waals surface area contributed by atoms with Crippen molar-refractivity contribution >= 4 is 36.1 Å². The molecule has 6 atom stereocenters. The van der Waals surface area contributed by atoms with Crippen molar-refractivity contribution in [2.45, 2.75) is 112 Å². The summed E-state index contributed by atoms with van der Waals surface area (Å²) in [5, 5.41) is 2.69. The van der Waals surface area contributed by atoms with E-state index >= 15 is 0 Å². The number of hydrogen-bond donors (Lipinski definition) is 1. The molecular formula is C46H66N2O14. The van der Waals surface area contributed by atoms with Gasteiger partial charge in [0.05, 0.1) is 33.0 Å². The van der Waals surface area contributed by atoms with Crippen molar-refractivity contribution in [1.29, 1.82) is 0 Å². The van der Waals surface area contributed by atoms with E-state index < -0.39 is 65.3 Å². The van der Waals surface area contributed by atoms with Gasteiger partial charge in [-0.25, -0.2) is 24.2 Å². The average Bonchev–Trinajstić information content (AvgIpc) is 3.72. The molecule has 2 aliphatic rings. The molecule has 0 unspecified atom stereocenters. The molecule has 2 heterocycles. The van der Waals surface area contributed by atoms with Crippen molar-refractivity contribution in [3.63, 3.8) is 0 Å². The molecule has 0 saturated carbocycles. The molecule has 0 bridgehead atoms. The summed E-state index contributed by atoms with van der Waals surface area (Å²) in [5.41, 5.74) is 0.737. The number of carbonyl (C=O) groups is 5. The molecule has 2 aromatic rings. The van der Waals surface area contributed by atoms with E-state index in [-0.39, 0.29) is 38.3 Å². The average molecular weight is 871 g/mol. The van der Waals surface area contributed by atoms with E-state index in [2.05, 4.69) is 10.3 Å². The second-order valence-corrected chi connectivity index (χ2v) is 16.6. The first-order valence-corrected chi connectivity index (χ1v) is 21.2. The van der Waals surface area contributed by atoms with Crippen LogP contribution in [-0.2, 0) is 70.2 Å². The van der Waals surface area contributed by atoms with E-state index in [1.54, 1.807) is 55.4 Å². The van der Waals surface area contributed by atoms with E-state index in [4.69, 9.17) is 42.6 Å². The van der Waals surface area contributed by atoms with Crippen LogP contribution in [0.15, 0.2) is 65.7 Å². The molecule has 16 nitrogen and oxygen atoms in total. The standard InChI is InChI=1S/C24H35NO7.C22H31NO7/c1-6-29-21-18(13-14-28-15-17-11-9-8-10-12-17)19(16-31-23(27)30-7-2)20(25-21)22(26)32-24(3,4)5;1-5-28-21(26)29-14-17-16(11-12-27-13-15-9-7-6-8-10-15)19(24)23-18(17)20(25)30-22(2,3)4/h8-12,18-20H,6-7,13-16H2,1-5H3;6-10,16-18H,5,11-14H2,1-4H3,(H,23,24)/t18-,19-,20-;16-,17-,18-/m11/s1. The summed E-state index contributed by atoms with van der Waals surface area (Å²) in [6.07, 6.45) is -0.672. The highest BCUT2D eigenvalue weighted by atomic mass is 16.7. The summed E-state index contributed by atoms with van der Waals surface area (Å²) >= 11 is 0. The maximum absolute atomic E-state index is 12.9. The van der Waals surface area contributed by atoms with Gasteiger partial charge in [-0.2, -0.15) is 0 Å². The highest BCUT2D eigenvalue weighted by Crippen LogP contribution is 2.34. The molecule has 1 N–H and O–H groups in total. The quantitative estimate of drug-likeness (QED) is 0.0862. The Balaban J connectivity index is 0.000000331. The Morgan fingerprint density at radius 1 is 0.613 bits per heavy atom. The first-order valence-electron chi connectivity index (χ1n) is 21.2. The van der Waals surface area contributed by atoms with Crippen LogP contribution >= 0.6 is 0 Å². The third-order valence-electron chi connectivity index (χ3n) is 9.37. The summed E-state index contributed by atoms with van der Waals surface area (Å²) in [6.45, 7) is 18.1. The van der Waals surface area contributed by atoms with Crippen LogP contribution in [0.5, 0.6) is 0 Å². The van der Waals surface area contributed by atoms with E-state index in [0.29, 0.717) is 51.8 Å². The molecule has 0 aliphatic carbocycles. The predicted octanol–water partition coefficient (Wildman–Crippen LogP) is 7.00. The largest absolute Gasteiger partial charge is 0.508 e. The number of nitrogens with one attached hydrogen (secondary N) is 1. The molecule has 2 aromatic carbocycles. The molecule has 62 heavy (non-hydrogen) atoms. The van der Waals surface area contributed by atoms with Gasteiger partial charge in [-0.15, -0.1) is 0 Å². The zero-order chi connectivity index (χ0) is 45.7. The van der Waals surface area contributed by atoms with Crippen molar-refractivity contribution in [3.05, 3.63) is 71.8 Å². The van der Waals surface area contributed by atoms with Gasteiger partial charge in [0.1, 0.15) is 30.5 Å². The van der Waals surface area contributed by atoms with Gasteiger partial charge < -0.3 is 47.9 Å². The minimum absolute atomic E-state index is 0.0355. The lowest BCUT2D eigenvalue weighted by atomic mass is 9.87. The smallest absolute Gasteiger partial charge is 0.481 e. The second kappa shape index (κ2) is 25.7. The van der Waals surface area contributed by atoms with Gasteiger partial charge in [-0.3, -0.25) is 4.79 Å². The minimum Gasteiger partial charge on any atom is -0.481 e. The number of rotatable bonds is 19. The van der Waals surface area contributed by atoms with Gasteiger partial charge in [0.25, 0.3) is 0 Å². The Morgan fingerprint density at radius 2 is 1.08 bits per heavy atom. The Labute approximate surface area is 365 Å². The molecule has 2 aliphatic heterocycles. The first kappa shape index (κ1) is 51.1. The highest BCUT2D eigenvalue weighted by Gasteiger charge is 2.48. The monoisotopic (exact) mass is 870 g/mol. The highest BCUT2D eigenvalue weighted by molar-refractivity contribution is 5.91. The SMILES string of the molecule is CCOC(=O)OC[C@@H]1[C@@H](CCOCc2ccccc2)C(=O)N[C@H]1C(=O)OC(C)(C)C.CCOC(=O)OC[C@@H]1[C@@H](CCOCc2ccccc2)C(OCC)=N[C@H]1C(=O)OC(C)(C)C. The summed E-state index contributed by atoms with van der Waals surface area (Å²) in [6, 6.07) is 17.8. The fourth-order valence-electron chi connectivity index (χ4n) is 6.71. The lowest BCUT2D eigenvalue weighted by Crippen LogP contribution is -2.43. The molecule has 0 spiro atoms. The summed E-state index contributed by atoms with van der Waals surface area (Å²) < 4.78 is 48.3. The van der Waals surface area contributed by atoms with Crippen LogP contribution in [0.4, 0.5) is 9.59 Å². The van der Waals surface area contributed by atoms with Crippen LogP contribution in [0, 0.1) is 23.7 Å². The number of aliphatic imine (C=N–C) groups is 1. The van der Waals surface area contributed by atoms with Crippen molar-refractivity contribution in [2.24, 2.45) is 28.7 Å². The zero-order valence-electron chi connectivity index (χ0n) is 37.7. The molecular weight excluding hydrogens is 805 g/mol. The molecule has 0 radical (unpaired) electrons. The normalized spacial score (nSPS) is 20.7. The minimum atomic E-state index is -0.898. The number of amides is 1. The molecule has 4 rings (SSSR count). The van der Waals surface area contributed by atoms with Crippen molar-refractivity contribution in [1.82, 2.24) is 5.32 Å². The molecule has 16 heteroatoms. The first-order chi connectivity index (χ1) is 29.5. The van der Waals surface area contributed by atoms with Crippen molar-refractivity contribution < 1.29 is 66.6 Å². The van der Waals surface area contributed by atoms with Crippen molar-refractivity contribution in [2.75, 3.05) is 46.2 Å². The number of hydrogen-bond acceptors (Lipinski definition) is 15. The van der Waals surface area contributed by atoms with Gasteiger partial charge in [0, 0.05) is 36.9 Å². The number of ether oxygens (including phenoxy) is 9. The van der Waals surface area contributed by atoms with E-state index in [9.17, 15) is 24.0 Å². The zero-order valence-corrected chi connectivity index (χ0v) is 37.7. The Morgan fingerprint density at radius 3 is 1.55 bits per heavy atom. The lowest BCUT2D eigenvalue weighted by molar-refractivity contribution is -0.159. The summed E-state index contributed by atoms with van der Waals surface area (Å²) in [7, 11) is 0. The number of benzene rings is 2. The van der Waals surface area contributed by atoms with E-state index in [1.807, 2.05) is 67.6 Å². The maximum atomic E-state index is 12.9. The van der Waals surface area contributed by atoms with Crippen LogP contribution in [-0.4, -0.2) is 106 Å². The molecule has 1 fully saturated rings. The molecule has 344 valence electrons. The fourth-order valence-corrected chi connectivity index (χ4v) is 6.71. The van der Waals surface area contributed by atoms with Crippen LogP contribution in [0.2, 0.25) is 0 Å². The lowest BCUT2D eigenvalue weighted by Gasteiger charge is -2.26. The van der Waals surface area contributed by atoms with Gasteiger partial charge in [-0.1, -0.05) is 60.7 Å². The van der Waals surface area contributed by atoms with Crippen LogP contribution in [0.25, 0.3) is 0 Å². The van der Waals surface area contributed by atoms with Gasteiger partial charge in [0.15, 0.2) is 11.9 Å². The van der Waals surface area contributed by atoms with E-state index in [0.717, 1.165) is 11.1 Å². The maximum Gasteiger partial charge on any atom is 0.508 e. The Bertz CT molecular complexity index is 1720. The molecule has 0 aromatic heterocycles. The number of esters is 2. The number of carbonyl (C=O) groups excluding carboxylic acids is 5. The number of nitrogens with zero attached hydrogens (tertiary/aromatic N) is 1. The Kier molecular flexibility index (Phi) is 21.2. The van der Waals surface area contributed by atoms with Crippen LogP contribution < -0.4 is 5.32 Å². The van der Waals surface area contributed by atoms with Gasteiger partial charge >= 0.3 is 24.2 Å². The third kappa shape index (κ3) is 18.0. The van der Waals surface area contributed by atoms with Crippen LogP contribution in [0.1, 0.15) is 86.3 Å².